The Hall–Kier alpha value is -2.56. The van der Waals surface area contributed by atoms with Gasteiger partial charge in [-0.05, 0) is 57.8 Å². The van der Waals surface area contributed by atoms with Crippen LogP contribution in [0.15, 0.2) is 48.6 Å². The second-order valence-electron chi connectivity index (χ2n) is 22.6. The lowest BCUT2D eigenvalue weighted by Crippen LogP contribution is -2.30. The third-order valence-corrected chi connectivity index (χ3v) is 15.7. The Kier molecular flexibility index (Phi) is 60.5. The summed E-state index contributed by atoms with van der Waals surface area (Å²) in [5.74, 6) is -1.45. The number of hydrogen-bond acceptors (Lipinski definition) is 10. The molecule has 0 saturated carbocycles. The second kappa shape index (κ2) is 62.5. The summed E-state index contributed by atoms with van der Waals surface area (Å²) in [6.07, 6.45) is 69.1. The quantitative estimate of drug-likeness (QED) is 0.0197. The lowest BCUT2D eigenvalue weighted by molar-refractivity contribution is -0.161. The predicted molar refractivity (Wildman–Crippen MR) is 335 cm³/mol. The number of carbonyl (C=O) groups excluding carboxylic acids is 3. The normalized spacial score (nSPS) is 13.5. The number of rotatable bonds is 63. The predicted octanol–water partition coefficient (Wildman–Crippen LogP) is 20.5. The van der Waals surface area contributed by atoms with E-state index >= 15 is 0 Å². The van der Waals surface area contributed by atoms with E-state index in [2.05, 4.69) is 69.4 Å². The largest absolute Gasteiger partial charge is 0.472 e. The first-order chi connectivity index (χ1) is 39.2. The maximum atomic E-state index is 13.0. The van der Waals surface area contributed by atoms with Gasteiger partial charge in [0.2, 0.25) is 0 Å². The molecule has 0 aromatic carbocycles. The molecule has 0 radical (unpaired) electrons. The van der Waals surface area contributed by atoms with E-state index in [9.17, 15) is 28.9 Å². The highest BCUT2D eigenvalue weighted by molar-refractivity contribution is 7.47. The van der Waals surface area contributed by atoms with Crippen molar-refractivity contribution < 1.29 is 52.2 Å². The van der Waals surface area contributed by atoms with Gasteiger partial charge in [0.25, 0.3) is 0 Å². The van der Waals surface area contributed by atoms with E-state index in [1.807, 2.05) is 0 Å². The van der Waals surface area contributed by atoms with E-state index in [1.165, 1.54) is 167 Å². The molecular formula is C68H125O11P. The number of aliphatic hydroxyl groups excluding tert-OH is 1. The molecule has 0 rings (SSSR count). The van der Waals surface area contributed by atoms with E-state index in [1.54, 1.807) is 0 Å². The summed E-state index contributed by atoms with van der Waals surface area (Å²) in [4.78, 5) is 48.8. The zero-order chi connectivity index (χ0) is 58.3. The van der Waals surface area contributed by atoms with Crippen molar-refractivity contribution in [2.24, 2.45) is 0 Å². The number of allylic oxidation sites excluding steroid dienone is 8. The Morgan fingerprint density at radius 3 is 1.00 bits per heavy atom. The highest BCUT2D eigenvalue weighted by Gasteiger charge is 2.28. The number of aliphatic hydroxyl groups is 1. The number of phosphoric acid groups is 1. The van der Waals surface area contributed by atoms with Crippen molar-refractivity contribution in [3.8, 4) is 0 Å². The minimum absolute atomic E-state index is 0.169. The molecule has 3 unspecified atom stereocenters. The lowest BCUT2D eigenvalue weighted by atomic mass is 10.0. The highest BCUT2D eigenvalue weighted by Crippen LogP contribution is 2.43. The van der Waals surface area contributed by atoms with Crippen LogP contribution in [0.25, 0.3) is 0 Å². The summed E-state index contributed by atoms with van der Waals surface area (Å²) in [7, 11) is -4.75. The van der Waals surface area contributed by atoms with Gasteiger partial charge in [-0.3, -0.25) is 23.4 Å². The Balaban J connectivity index is 4.67. The molecule has 0 amide bonds. The number of phosphoric ester groups is 1. The fourth-order valence-electron chi connectivity index (χ4n) is 9.70. The summed E-state index contributed by atoms with van der Waals surface area (Å²) < 4.78 is 39.8. The topological polar surface area (TPSA) is 155 Å². The molecule has 0 aliphatic heterocycles. The Morgan fingerprint density at radius 1 is 0.362 bits per heavy atom. The van der Waals surface area contributed by atoms with Crippen LogP contribution in [0, 0.1) is 0 Å². The fourth-order valence-corrected chi connectivity index (χ4v) is 10.5. The first-order valence-corrected chi connectivity index (χ1v) is 35.0. The number of esters is 3. The molecule has 12 heteroatoms. The summed E-state index contributed by atoms with van der Waals surface area (Å²) in [6, 6.07) is 0. The van der Waals surface area contributed by atoms with Crippen LogP contribution in [0.5, 0.6) is 0 Å². The van der Waals surface area contributed by atoms with E-state index in [-0.39, 0.29) is 25.9 Å². The molecule has 0 aliphatic carbocycles. The average molecular weight is 1150 g/mol. The molecule has 0 saturated heterocycles. The third kappa shape index (κ3) is 60.0. The van der Waals surface area contributed by atoms with Crippen LogP contribution in [0.1, 0.15) is 329 Å². The molecule has 0 aromatic heterocycles. The van der Waals surface area contributed by atoms with Gasteiger partial charge in [-0.15, -0.1) is 0 Å². The molecule has 0 aromatic rings. The van der Waals surface area contributed by atoms with Gasteiger partial charge < -0.3 is 24.2 Å². The molecular weight excluding hydrogens is 1020 g/mol. The van der Waals surface area contributed by atoms with E-state index in [0.717, 1.165) is 103 Å². The second-order valence-corrected chi connectivity index (χ2v) is 24.1. The van der Waals surface area contributed by atoms with Crippen molar-refractivity contribution in [3.63, 3.8) is 0 Å². The number of unbranched alkanes of at least 4 members (excludes halogenated alkanes) is 38. The molecule has 2 N–H and O–H groups in total. The van der Waals surface area contributed by atoms with Crippen LogP contribution in [0.2, 0.25) is 0 Å². The number of hydrogen-bond donors (Lipinski definition) is 2. The van der Waals surface area contributed by atoms with Crippen LogP contribution in [-0.2, 0) is 42.2 Å². The summed E-state index contributed by atoms with van der Waals surface area (Å²) >= 11 is 0. The zero-order valence-corrected chi connectivity index (χ0v) is 53.0. The van der Waals surface area contributed by atoms with Crippen LogP contribution in [0.4, 0.5) is 0 Å². The first kappa shape index (κ1) is 77.4. The summed E-state index contributed by atoms with van der Waals surface area (Å²) in [5, 5.41) is 9.87. The van der Waals surface area contributed by atoms with E-state index in [0.29, 0.717) is 19.3 Å². The monoisotopic (exact) mass is 1150 g/mol. The van der Waals surface area contributed by atoms with Gasteiger partial charge in [-0.2, -0.15) is 0 Å². The summed E-state index contributed by atoms with van der Waals surface area (Å²) in [5.41, 5.74) is 0. The minimum Gasteiger partial charge on any atom is -0.462 e. The molecule has 0 heterocycles. The SMILES string of the molecule is CC/C=C\C/C=C\C/C=C\C/C=C\CCCCCCCCC(=O)OCC(COP(=O)(O)OCC(CO)OC(=O)CCCCCCCCCCCCCCCCCCC)OC(=O)CCCCCCCCCCCCCCCCCCC. The maximum Gasteiger partial charge on any atom is 0.472 e. The van der Waals surface area contributed by atoms with E-state index < -0.39 is 57.8 Å². The molecule has 11 nitrogen and oxygen atoms in total. The molecule has 0 aliphatic rings. The van der Waals surface area contributed by atoms with Crippen LogP contribution in [0.3, 0.4) is 0 Å². The van der Waals surface area contributed by atoms with E-state index in [4.69, 9.17) is 23.3 Å². The average Bonchev–Trinajstić information content (AvgIpc) is 3.45. The maximum absolute atomic E-state index is 13.0. The van der Waals surface area contributed by atoms with Crippen molar-refractivity contribution in [2.45, 2.75) is 341 Å². The molecule has 468 valence electrons. The number of carbonyl (C=O) groups is 3. The fraction of sp³-hybridized carbons (Fsp3) is 0.838. The Morgan fingerprint density at radius 2 is 0.650 bits per heavy atom. The highest BCUT2D eigenvalue weighted by atomic mass is 31.2. The first-order valence-electron chi connectivity index (χ1n) is 33.5. The smallest absolute Gasteiger partial charge is 0.462 e. The van der Waals surface area contributed by atoms with Gasteiger partial charge in [0, 0.05) is 19.3 Å². The van der Waals surface area contributed by atoms with Gasteiger partial charge in [0.15, 0.2) is 6.10 Å². The Bertz CT molecular complexity index is 1530. The van der Waals surface area contributed by atoms with Crippen molar-refractivity contribution in [2.75, 3.05) is 26.4 Å². The number of ether oxygens (including phenoxy) is 3. The molecule has 0 fully saturated rings. The van der Waals surface area contributed by atoms with Gasteiger partial charge in [-0.25, -0.2) is 4.57 Å². The van der Waals surface area contributed by atoms with Gasteiger partial charge >= 0.3 is 25.7 Å². The van der Waals surface area contributed by atoms with Crippen molar-refractivity contribution in [3.05, 3.63) is 48.6 Å². The van der Waals surface area contributed by atoms with Crippen molar-refractivity contribution in [1.82, 2.24) is 0 Å². The van der Waals surface area contributed by atoms with Crippen molar-refractivity contribution >= 4 is 25.7 Å². The zero-order valence-electron chi connectivity index (χ0n) is 52.1. The molecule has 80 heavy (non-hydrogen) atoms. The van der Waals surface area contributed by atoms with Crippen LogP contribution in [-0.4, -0.2) is 66.5 Å². The molecule has 0 bridgehead atoms. The Labute approximate surface area is 492 Å². The van der Waals surface area contributed by atoms with Crippen LogP contribution >= 0.6 is 7.82 Å². The van der Waals surface area contributed by atoms with Crippen molar-refractivity contribution in [1.29, 1.82) is 0 Å². The van der Waals surface area contributed by atoms with Gasteiger partial charge in [-0.1, -0.05) is 301 Å². The lowest BCUT2D eigenvalue weighted by Gasteiger charge is -2.21. The minimum atomic E-state index is -4.75. The van der Waals surface area contributed by atoms with Gasteiger partial charge in [0.05, 0.1) is 19.8 Å². The molecule has 3 atom stereocenters. The standard InChI is InChI=1S/C68H125O11P/c1-4-7-10-13-16-19-22-25-28-31-32-35-36-39-42-45-48-51-54-57-66(70)75-61-65(79-68(72)59-56-53-50-47-44-41-38-34-30-27-24-21-18-15-12-9-6-3)63-77-80(73,74)76-62-64(60-69)78-67(71)58-55-52-49-46-43-40-37-33-29-26-23-20-17-14-11-8-5-2/h7,10,16,19,25,28,32,35,64-65,69H,4-6,8-9,11-15,17-18,20-24,26-27,29-31,33-34,36-63H2,1-3H3,(H,73,74)/b10-7-,19-16-,28-25-,35-32-. The van der Waals surface area contributed by atoms with Gasteiger partial charge in [0.1, 0.15) is 12.7 Å². The van der Waals surface area contributed by atoms with Crippen LogP contribution < -0.4 is 0 Å². The third-order valence-electron chi connectivity index (χ3n) is 14.8. The summed E-state index contributed by atoms with van der Waals surface area (Å²) in [6.45, 7) is 4.60. The molecule has 0 spiro atoms.